The summed E-state index contributed by atoms with van der Waals surface area (Å²) in [7, 11) is -10.2. The second kappa shape index (κ2) is 8.42. The van der Waals surface area contributed by atoms with Gasteiger partial charge >= 0.3 is 59.1 Å². The molecule has 0 saturated carbocycles. The number of phosphoric ester groups is 1. The van der Waals surface area contributed by atoms with Crippen molar-refractivity contribution in [3.05, 3.63) is 0 Å². The molecule has 0 aliphatic heterocycles. The van der Waals surface area contributed by atoms with Crippen LogP contribution in [0.4, 0.5) is 0 Å². The Morgan fingerprint density at radius 2 is 1.69 bits per heavy atom. The molecule has 7 nitrogen and oxygen atoms in total. The van der Waals surface area contributed by atoms with Crippen molar-refractivity contribution in [2.24, 2.45) is 0 Å². The molecular formula is C2H6Na2O7P2. The second-order valence-electron chi connectivity index (χ2n) is 1.42. The van der Waals surface area contributed by atoms with E-state index in [1.807, 2.05) is 0 Å². The number of phosphoric acid groups is 2. The van der Waals surface area contributed by atoms with Gasteiger partial charge in [0, 0.05) is 0 Å². The summed E-state index contributed by atoms with van der Waals surface area (Å²) in [6.45, 7) is 1.06. The number of hydrogen-bond acceptors (Lipinski definition) is 6. The average molecular weight is 250 g/mol. The molecule has 68 valence electrons. The van der Waals surface area contributed by atoms with E-state index >= 15 is 0 Å². The van der Waals surface area contributed by atoms with Gasteiger partial charge in [-0.2, -0.15) is 0 Å². The summed E-state index contributed by atoms with van der Waals surface area (Å²) in [5.74, 6) is 0. The molecule has 0 amide bonds. The Morgan fingerprint density at radius 1 is 1.31 bits per heavy atom. The maximum atomic E-state index is 10.3. The van der Waals surface area contributed by atoms with E-state index in [0.717, 1.165) is 0 Å². The van der Waals surface area contributed by atoms with Crippen molar-refractivity contribution in [3.8, 4) is 0 Å². The molecule has 0 aromatic carbocycles. The van der Waals surface area contributed by atoms with Gasteiger partial charge in [-0.1, -0.05) is 0 Å². The van der Waals surface area contributed by atoms with Gasteiger partial charge < -0.3 is 19.2 Å². The van der Waals surface area contributed by atoms with Crippen molar-refractivity contribution in [2.75, 3.05) is 6.61 Å². The van der Waals surface area contributed by atoms with Gasteiger partial charge in [-0.05, 0) is 6.92 Å². The first kappa shape index (κ1) is 20.6. The Balaban J connectivity index is -0.000000500. The topological polar surface area (TPSA) is 119 Å². The molecule has 2 atom stereocenters. The van der Waals surface area contributed by atoms with Gasteiger partial charge in [0.15, 0.2) is 0 Å². The SMILES string of the molecule is CCOP(=O)([O-])OP(=O)([O-])O.[Na+].[Na+]. The van der Waals surface area contributed by atoms with Crippen LogP contribution in [0.5, 0.6) is 0 Å². The van der Waals surface area contributed by atoms with Crippen molar-refractivity contribution >= 4 is 15.6 Å². The summed E-state index contributed by atoms with van der Waals surface area (Å²) in [4.78, 5) is 28.0. The normalized spacial score (nSPS) is 18.8. The molecule has 0 aliphatic carbocycles. The molecule has 0 radical (unpaired) electrons. The molecule has 0 aromatic heterocycles. The van der Waals surface area contributed by atoms with E-state index in [1.165, 1.54) is 6.92 Å². The maximum Gasteiger partial charge on any atom is 1.00 e. The van der Waals surface area contributed by atoms with Crippen LogP contribution in [0, 0.1) is 0 Å². The summed E-state index contributed by atoms with van der Waals surface area (Å²) < 4.78 is 27.2. The minimum atomic E-state index is -5.27. The molecule has 0 aromatic rings. The van der Waals surface area contributed by atoms with Crippen LogP contribution >= 0.6 is 15.6 Å². The van der Waals surface area contributed by atoms with Crippen molar-refractivity contribution < 1.29 is 91.8 Å². The molecule has 0 spiro atoms. The molecule has 0 bridgehead atoms. The first-order chi connectivity index (χ1) is 4.77. The van der Waals surface area contributed by atoms with Crippen LogP contribution in [0.25, 0.3) is 0 Å². The molecular weight excluding hydrogens is 244 g/mol. The van der Waals surface area contributed by atoms with E-state index in [1.54, 1.807) is 0 Å². The van der Waals surface area contributed by atoms with E-state index in [-0.39, 0.29) is 65.7 Å². The van der Waals surface area contributed by atoms with Gasteiger partial charge in [0.25, 0.3) is 15.6 Å². The zero-order valence-corrected chi connectivity index (χ0v) is 13.3. The minimum Gasteiger partial charge on any atom is -0.756 e. The van der Waals surface area contributed by atoms with E-state index in [2.05, 4.69) is 8.83 Å². The molecule has 0 rings (SSSR count). The van der Waals surface area contributed by atoms with Gasteiger partial charge in [-0.25, -0.2) is 4.31 Å². The fourth-order valence-corrected chi connectivity index (χ4v) is 1.82. The van der Waals surface area contributed by atoms with Crippen molar-refractivity contribution in [2.45, 2.75) is 6.92 Å². The van der Waals surface area contributed by atoms with Crippen LogP contribution in [-0.4, -0.2) is 11.5 Å². The Kier molecular flexibility index (Phi) is 13.4. The minimum absolute atomic E-state index is 0. The predicted molar refractivity (Wildman–Crippen MR) is 30.1 cm³/mol. The summed E-state index contributed by atoms with van der Waals surface area (Å²) in [5, 5.41) is 0. The van der Waals surface area contributed by atoms with Gasteiger partial charge in [0.05, 0.1) is 6.61 Å². The molecule has 11 heteroatoms. The molecule has 1 N–H and O–H groups in total. The van der Waals surface area contributed by atoms with Crippen LogP contribution in [-0.2, 0) is 18.0 Å². The fraction of sp³-hybridized carbons (Fsp3) is 1.00. The summed E-state index contributed by atoms with van der Waals surface area (Å²) >= 11 is 0. The third-order valence-corrected chi connectivity index (χ3v) is 2.69. The molecule has 0 heterocycles. The first-order valence-corrected chi connectivity index (χ1v) is 5.43. The summed E-state index contributed by atoms with van der Waals surface area (Å²) in [5.41, 5.74) is 0. The molecule has 2 unspecified atom stereocenters. The van der Waals surface area contributed by atoms with Gasteiger partial charge in [-0.15, -0.1) is 0 Å². The van der Waals surface area contributed by atoms with Gasteiger partial charge in [0.1, 0.15) is 0 Å². The maximum absolute atomic E-state index is 10.3. The molecule has 13 heavy (non-hydrogen) atoms. The van der Waals surface area contributed by atoms with Gasteiger partial charge in [-0.3, -0.25) is 9.13 Å². The third kappa shape index (κ3) is 14.3. The van der Waals surface area contributed by atoms with E-state index in [0.29, 0.717) is 0 Å². The molecule has 0 saturated heterocycles. The van der Waals surface area contributed by atoms with Crippen molar-refractivity contribution in [1.29, 1.82) is 0 Å². The average Bonchev–Trinajstić information content (AvgIpc) is 1.55. The summed E-state index contributed by atoms with van der Waals surface area (Å²) in [6.07, 6.45) is 0. The Hall–Kier alpha value is 2.26. The smallest absolute Gasteiger partial charge is 0.756 e. The van der Waals surface area contributed by atoms with Gasteiger partial charge in [0.2, 0.25) is 0 Å². The fourth-order valence-electron chi connectivity index (χ4n) is 0.308. The number of hydrogen-bond donors (Lipinski definition) is 1. The predicted octanol–water partition coefficient (Wildman–Crippen LogP) is -7.02. The van der Waals surface area contributed by atoms with E-state index in [4.69, 9.17) is 4.89 Å². The largest absolute Gasteiger partial charge is 1.00 e. The Bertz CT molecular complexity index is 213. The van der Waals surface area contributed by atoms with Crippen molar-refractivity contribution in [3.63, 3.8) is 0 Å². The zero-order chi connectivity index (χ0) is 9.12. The monoisotopic (exact) mass is 250 g/mol. The standard InChI is InChI=1S/C2H8O7P2.2Na/c1-2-8-11(6,7)9-10(3,4)5;;/h2H2,1H3,(H,6,7)(H2,3,4,5);;/q;2*+1/p-2. The van der Waals surface area contributed by atoms with Crippen LogP contribution in [0.15, 0.2) is 0 Å². The van der Waals surface area contributed by atoms with Crippen LogP contribution in [0.2, 0.25) is 0 Å². The quantitative estimate of drug-likeness (QED) is 0.389. The Labute approximate surface area is 120 Å². The second-order valence-corrected chi connectivity index (χ2v) is 4.16. The van der Waals surface area contributed by atoms with Crippen LogP contribution < -0.4 is 68.9 Å². The molecule has 0 fully saturated rings. The van der Waals surface area contributed by atoms with Crippen molar-refractivity contribution in [1.82, 2.24) is 0 Å². The van der Waals surface area contributed by atoms with E-state index < -0.39 is 15.6 Å². The third-order valence-electron chi connectivity index (χ3n) is 0.490. The Morgan fingerprint density at radius 3 is 1.92 bits per heavy atom. The zero-order valence-electron chi connectivity index (χ0n) is 7.50. The molecule has 0 aliphatic rings. The first-order valence-electron chi connectivity index (χ1n) is 2.47. The van der Waals surface area contributed by atoms with Crippen LogP contribution in [0.3, 0.4) is 0 Å². The number of rotatable bonds is 4. The van der Waals surface area contributed by atoms with Crippen LogP contribution in [0.1, 0.15) is 6.92 Å². The van der Waals surface area contributed by atoms with E-state index in [9.17, 15) is 18.9 Å². The summed E-state index contributed by atoms with van der Waals surface area (Å²) in [6, 6.07) is 0.